The third kappa shape index (κ3) is 4.75. The van der Waals surface area contributed by atoms with Gasteiger partial charge in [0.05, 0.1) is 13.0 Å². The van der Waals surface area contributed by atoms with Crippen molar-refractivity contribution in [3.63, 3.8) is 0 Å². The van der Waals surface area contributed by atoms with E-state index in [-0.39, 0.29) is 5.91 Å². The van der Waals surface area contributed by atoms with Gasteiger partial charge in [-0.15, -0.1) is 0 Å². The molecule has 4 bridgehead atoms. The molecule has 168 valence electrons. The van der Waals surface area contributed by atoms with Gasteiger partial charge >= 0.3 is 0 Å². The average Bonchev–Trinajstić information content (AvgIpc) is 3.00. The van der Waals surface area contributed by atoms with Crippen molar-refractivity contribution in [1.29, 1.82) is 0 Å². The molecule has 1 aromatic rings. The number of para-hydroxylation sites is 1. The zero-order chi connectivity index (χ0) is 21.3. The van der Waals surface area contributed by atoms with Gasteiger partial charge in [0, 0.05) is 32.6 Å². The van der Waals surface area contributed by atoms with Crippen LogP contribution in [0.25, 0.3) is 0 Å². The Morgan fingerprint density at radius 3 is 2.03 bits per heavy atom. The fraction of sp³-hybridized carbons (Fsp3) is 0.692. The molecule has 1 aromatic carbocycles. The van der Waals surface area contributed by atoms with E-state index >= 15 is 0 Å². The molecule has 1 aliphatic heterocycles. The summed E-state index contributed by atoms with van der Waals surface area (Å²) < 4.78 is 5.68. The van der Waals surface area contributed by atoms with E-state index in [2.05, 4.69) is 0 Å². The summed E-state index contributed by atoms with van der Waals surface area (Å²) >= 11 is 0. The van der Waals surface area contributed by atoms with E-state index in [0.717, 1.165) is 49.4 Å². The number of benzene rings is 1. The molecule has 5 fully saturated rings. The maximum atomic E-state index is 13.2. The standard InChI is InChI=1S/C26H36N2O3/c29-24(7-12-31-23-5-2-1-3-6-23)27-8-4-9-28(11-10-27)25(30)19-26-16-20-13-21(17-26)15-22(14-20)18-26/h1-3,5-6,20-22H,4,7-19H2. The minimum absolute atomic E-state index is 0.131. The first kappa shape index (κ1) is 20.8. The van der Waals surface area contributed by atoms with Crippen molar-refractivity contribution in [2.24, 2.45) is 23.2 Å². The third-order valence-corrected chi connectivity index (χ3v) is 8.22. The van der Waals surface area contributed by atoms with Crippen LogP contribution in [0.1, 0.15) is 57.8 Å². The fourth-order valence-corrected chi connectivity index (χ4v) is 7.29. The Hall–Kier alpha value is -2.04. The average molecular weight is 425 g/mol. The maximum Gasteiger partial charge on any atom is 0.226 e. The maximum absolute atomic E-state index is 13.2. The highest BCUT2D eigenvalue weighted by Crippen LogP contribution is 2.61. The first-order valence-corrected chi connectivity index (χ1v) is 12.3. The van der Waals surface area contributed by atoms with Gasteiger partial charge in [0.2, 0.25) is 11.8 Å². The molecular formula is C26H36N2O3. The Morgan fingerprint density at radius 1 is 0.839 bits per heavy atom. The van der Waals surface area contributed by atoms with Crippen LogP contribution in [-0.2, 0) is 9.59 Å². The molecule has 5 aliphatic rings. The number of hydrogen-bond acceptors (Lipinski definition) is 3. The monoisotopic (exact) mass is 424 g/mol. The van der Waals surface area contributed by atoms with Crippen LogP contribution in [0.5, 0.6) is 5.75 Å². The van der Waals surface area contributed by atoms with E-state index in [4.69, 9.17) is 4.74 Å². The molecular weight excluding hydrogens is 388 g/mol. The molecule has 0 atom stereocenters. The number of ether oxygens (including phenoxy) is 1. The Bertz CT molecular complexity index is 758. The van der Waals surface area contributed by atoms with Crippen molar-refractivity contribution in [2.75, 3.05) is 32.8 Å². The number of carbonyl (C=O) groups is 2. The molecule has 1 saturated heterocycles. The van der Waals surface area contributed by atoms with Crippen LogP contribution in [0.2, 0.25) is 0 Å². The summed E-state index contributed by atoms with van der Waals surface area (Å²) in [5, 5.41) is 0. The normalized spacial score (nSPS) is 32.1. The number of amides is 2. The predicted octanol–water partition coefficient (Wildman–Crippen LogP) is 4.12. The van der Waals surface area contributed by atoms with Crippen molar-refractivity contribution in [3.05, 3.63) is 30.3 Å². The molecule has 0 aromatic heterocycles. The highest BCUT2D eigenvalue weighted by molar-refractivity contribution is 5.78. The van der Waals surface area contributed by atoms with Gasteiger partial charge in [-0.05, 0) is 80.2 Å². The van der Waals surface area contributed by atoms with Gasteiger partial charge in [-0.25, -0.2) is 0 Å². The van der Waals surface area contributed by atoms with Crippen molar-refractivity contribution >= 4 is 11.8 Å². The molecule has 5 nitrogen and oxygen atoms in total. The lowest BCUT2D eigenvalue weighted by Gasteiger charge is -2.57. The van der Waals surface area contributed by atoms with Crippen LogP contribution in [0.4, 0.5) is 0 Å². The Kier molecular flexibility index (Phi) is 5.94. The van der Waals surface area contributed by atoms with Crippen LogP contribution < -0.4 is 4.74 Å². The molecule has 6 rings (SSSR count). The number of carbonyl (C=O) groups excluding carboxylic acids is 2. The summed E-state index contributed by atoms with van der Waals surface area (Å²) in [6.07, 6.45) is 10.1. The SMILES string of the molecule is O=C(CCOc1ccccc1)N1CCCN(C(=O)CC23CC4CC(CC(C4)C2)C3)CC1. The quantitative estimate of drug-likeness (QED) is 0.690. The molecule has 0 radical (unpaired) electrons. The lowest BCUT2D eigenvalue weighted by atomic mass is 9.49. The van der Waals surface area contributed by atoms with E-state index in [0.29, 0.717) is 37.4 Å². The van der Waals surface area contributed by atoms with Crippen LogP contribution >= 0.6 is 0 Å². The predicted molar refractivity (Wildman–Crippen MR) is 120 cm³/mol. The highest BCUT2D eigenvalue weighted by atomic mass is 16.5. The smallest absolute Gasteiger partial charge is 0.226 e. The minimum atomic E-state index is 0.131. The summed E-state index contributed by atoms with van der Waals surface area (Å²) in [6, 6.07) is 9.63. The summed E-state index contributed by atoms with van der Waals surface area (Å²) in [5.74, 6) is 3.92. The second kappa shape index (κ2) is 8.84. The van der Waals surface area contributed by atoms with Gasteiger partial charge < -0.3 is 14.5 Å². The van der Waals surface area contributed by atoms with E-state index < -0.39 is 0 Å². The van der Waals surface area contributed by atoms with Crippen molar-refractivity contribution < 1.29 is 14.3 Å². The second-order valence-corrected chi connectivity index (χ2v) is 10.6. The molecule has 0 N–H and O–H groups in total. The van der Waals surface area contributed by atoms with Gasteiger partial charge in [0.15, 0.2) is 0 Å². The van der Waals surface area contributed by atoms with E-state index in [1.165, 1.54) is 38.5 Å². The Balaban J connectivity index is 1.09. The van der Waals surface area contributed by atoms with E-state index in [1.54, 1.807) is 0 Å². The third-order valence-electron chi connectivity index (χ3n) is 8.22. The van der Waals surface area contributed by atoms with Gasteiger partial charge in [-0.2, -0.15) is 0 Å². The topological polar surface area (TPSA) is 49.9 Å². The Morgan fingerprint density at radius 2 is 1.42 bits per heavy atom. The van der Waals surface area contributed by atoms with Crippen LogP contribution in [0.15, 0.2) is 30.3 Å². The van der Waals surface area contributed by atoms with Gasteiger partial charge in [0.25, 0.3) is 0 Å². The van der Waals surface area contributed by atoms with Gasteiger partial charge in [-0.1, -0.05) is 18.2 Å². The van der Waals surface area contributed by atoms with E-state index in [1.807, 2.05) is 40.1 Å². The molecule has 5 heteroatoms. The number of rotatable bonds is 6. The first-order valence-electron chi connectivity index (χ1n) is 12.3. The van der Waals surface area contributed by atoms with Crippen molar-refractivity contribution in [1.82, 2.24) is 9.80 Å². The first-order chi connectivity index (χ1) is 15.1. The summed E-state index contributed by atoms with van der Waals surface area (Å²) in [6.45, 7) is 3.25. The molecule has 1 heterocycles. The van der Waals surface area contributed by atoms with Crippen LogP contribution in [0, 0.1) is 23.2 Å². The minimum Gasteiger partial charge on any atom is -0.493 e. The fourth-order valence-electron chi connectivity index (χ4n) is 7.29. The van der Waals surface area contributed by atoms with E-state index in [9.17, 15) is 9.59 Å². The summed E-state index contributed by atoms with van der Waals surface area (Å²) in [5.41, 5.74) is 0.294. The molecule has 4 saturated carbocycles. The molecule has 0 spiro atoms. The lowest BCUT2D eigenvalue weighted by molar-refractivity contribution is -0.140. The highest BCUT2D eigenvalue weighted by Gasteiger charge is 2.51. The molecule has 31 heavy (non-hydrogen) atoms. The lowest BCUT2D eigenvalue weighted by Crippen LogP contribution is -2.48. The Labute approximate surface area is 186 Å². The zero-order valence-electron chi connectivity index (χ0n) is 18.6. The van der Waals surface area contributed by atoms with Crippen LogP contribution in [-0.4, -0.2) is 54.4 Å². The van der Waals surface area contributed by atoms with Gasteiger partial charge in [-0.3, -0.25) is 9.59 Å². The van der Waals surface area contributed by atoms with Gasteiger partial charge in [0.1, 0.15) is 5.75 Å². The van der Waals surface area contributed by atoms with Crippen molar-refractivity contribution in [3.8, 4) is 5.75 Å². The molecule has 0 unspecified atom stereocenters. The number of nitrogens with zero attached hydrogens (tertiary/aromatic N) is 2. The molecule has 2 amide bonds. The number of hydrogen-bond donors (Lipinski definition) is 0. The van der Waals surface area contributed by atoms with Crippen molar-refractivity contribution in [2.45, 2.75) is 57.8 Å². The van der Waals surface area contributed by atoms with Crippen LogP contribution in [0.3, 0.4) is 0 Å². The molecule has 4 aliphatic carbocycles. The zero-order valence-corrected chi connectivity index (χ0v) is 18.6. The summed E-state index contributed by atoms with van der Waals surface area (Å²) in [4.78, 5) is 29.9. The second-order valence-electron chi connectivity index (χ2n) is 10.6. The largest absolute Gasteiger partial charge is 0.493 e. The summed E-state index contributed by atoms with van der Waals surface area (Å²) in [7, 11) is 0.